The number of nitrogens with one attached hydrogen (secondary N) is 1. The predicted molar refractivity (Wildman–Crippen MR) is 136 cm³/mol. The van der Waals surface area contributed by atoms with Gasteiger partial charge in [0.2, 0.25) is 5.91 Å². The summed E-state index contributed by atoms with van der Waals surface area (Å²) < 4.78 is 5.80. The van der Waals surface area contributed by atoms with Gasteiger partial charge in [0.25, 0.3) is 5.91 Å². The van der Waals surface area contributed by atoms with Crippen molar-refractivity contribution in [3.8, 4) is 0 Å². The lowest BCUT2D eigenvalue weighted by Crippen LogP contribution is -2.49. The van der Waals surface area contributed by atoms with Gasteiger partial charge in [0.1, 0.15) is 0 Å². The van der Waals surface area contributed by atoms with Gasteiger partial charge in [-0.25, -0.2) is 4.79 Å². The van der Waals surface area contributed by atoms with Gasteiger partial charge in [0.05, 0.1) is 16.8 Å². The molecule has 3 aliphatic rings. The number of halogens is 1. The number of carbonyl (C=O) groups is 3. The highest BCUT2D eigenvalue weighted by atomic mass is 35.5. The van der Waals surface area contributed by atoms with E-state index in [1.54, 1.807) is 18.2 Å². The number of nitrogens with zero attached hydrogens (tertiary/aromatic N) is 3. The van der Waals surface area contributed by atoms with Crippen LogP contribution >= 0.6 is 11.6 Å². The Morgan fingerprint density at radius 3 is 2.40 bits per heavy atom. The third-order valence-corrected chi connectivity index (χ3v) is 7.65. The van der Waals surface area contributed by atoms with E-state index in [2.05, 4.69) is 24.1 Å². The van der Waals surface area contributed by atoms with Gasteiger partial charge in [-0.05, 0) is 82.7 Å². The second-order valence-electron chi connectivity index (χ2n) is 10.3. The van der Waals surface area contributed by atoms with Gasteiger partial charge in [0, 0.05) is 44.8 Å². The van der Waals surface area contributed by atoms with Crippen LogP contribution in [0.4, 0.5) is 10.5 Å². The van der Waals surface area contributed by atoms with Crippen LogP contribution < -0.4 is 10.2 Å². The molecule has 0 saturated carbocycles. The van der Waals surface area contributed by atoms with Crippen LogP contribution in [0.15, 0.2) is 18.2 Å². The second-order valence-corrected chi connectivity index (χ2v) is 10.7. The molecule has 4 rings (SSSR count). The molecule has 35 heavy (non-hydrogen) atoms. The Morgan fingerprint density at radius 1 is 1.06 bits per heavy atom. The van der Waals surface area contributed by atoms with Crippen LogP contribution in [0.2, 0.25) is 5.02 Å². The van der Waals surface area contributed by atoms with E-state index in [4.69, 9.17) is 16.3 Å². The van der Waals surface area contributed by atoms with Crippen molar-refractivity contribution in [2.24, 2.45) is 11.8 Å². The minimum absolute atomic E-state index is 0.0409. The van der Waals surface area contributed by atoms with Crippen molar-refractivity contribution >= 4 is 35.1 Å². The quantitative estimate of drug-likeness (QED) is 0.611. The summed E-state index contributed by atoms with van der Waals surface area (Å²) in [6.07, 6.45) is 4.91. The molecule has 4 amide bonds. The fourth-order valence-corrected chi connectivity index (χ4v) is 5.40. The predicted octanol–water partition coefficient (Wildman–Crippen LogP) is 3.78. The van der Waals surface area contributed by atoms with Gasteiger partial charge >= 0.3 is 6.03 Å². The Labute approximate surface area is 212 Å². The average Bonchev–Trinajstić information content (AvgIpc) is 2.84. The highest BCUT2D eigenvalue weighted by Gasteiger charge is 2.29. The third-order valence-electron chi connectivity index (χ3n) is 7.33. The molecule has 3 saturated heterocycles. The Hall–Kier alpha value is -2.16. The molecule has 0 bridgehead atoms. The minimum atomic E-state index is -0.509. The van der Waals surface area contributed by atoms with Crippen molar-refractivity contribution in [3.63, 3.8) is 0 Å². The van der Waals surface area contributed by atoms with Crippen LogP contribution in [-0.2, 0) is 9.53 Å². The van der Waals surface area contributed by atoms with Gasteiger partial charge in [-0.15, -0.1) is 0 Å². The van der Waals surface area contributed by atoms with Gasteiger partial charge in [-0.1, -0.05) is 11.6 Å². The topological polar surface area (TPSA) is 82.2 Å². The molecule has 1 aromatic carbocycles. The molecule has 3 heterocycles. The van der Waals surface area contributed by atoms with E-state index < -0.39 is 6.03 Å². The number of piperidine rings is 2. The molecule has 8 nitrogen and oxygen atoms in total. The zero-order chi connectivity index (χ0) is 24.9. The average molecular weight is 505 g/mol. The third kappa shape index (κ3) is 6.74. The van der Waals surface area contributed by atoms with Crippen LogP contribution in [0.1, 0.15) is 56.3 Å². The van der Waals surface area contributed by atoms with E-state index in [1.807, 2.05) is 4.90 Å². The van der Waals surface area contributed by atoms with Gasteiger partial charge in [-0.3, -0.25) is 19.8 Å². The summed E-state index contributed by atoms with van der Waals surface area (Å²) in [6, 6.07) is 4.51. The zero-order valence-electron chi connectivity index (χ0n) is 20.8. The summed E-state index contributed by atoms with van der Waals surface area (Å²) in [5.74, 6) is 0.939. The molecule has 3 aliphatic heterocycles. The van der Waals surface area contributed by atoms with Crippen molar-refractivity contribution in [1.29, 1.82) is 0 Å². The lowest BCUT2D eigenvalue weighted by molar-refractivity contribution is -0.120. The van der Waals surface area contributed by atoms with E-state index in [0.29, 0.717) is 34.2 Å². The molecular weight excluding hydrogens is 468 g/mol. The molecule has 9 heteroatoms. The van der Waals surface area contributed by atoms with Crippen molar-refractivity contribution in [2.75, 3.05) is 50.8 Å². The molecule has 1 N–H and O–H groups in total. The smallest absolute Gasteiger partial charge is 0.328 e. The van der Waals surface area contributed by atoms with Crippen LogP contribution in [-0.4, -0.2) is 79.6 Å². The Bertz CT molecular complexity index is 924. The Morgan fingerprint density at radius 2 is 1.74 bits per heavy atom. The van der Waals surface area contributed by atoms with E-state index in [-0.39, 0.29) is 24.8 Å². The number of urea groups is 1. The highest BCUT2D eigenvalue weighted by Crippen LogP contribution is 2.30. The lowest BCUT2D eigenvalue weighted by atomic mass is 9.93. The molecule has 0 aliphatic carbocycles. The molecule has 0 atom stereocenters. The van der Waals surface area contributed by atoms with E-state index in [1.165, 1.54) is 17.7 Å². The van der Waals surface area contributed by atoms with Crippen LogP contribution in [0.3, 0.4) is 0 Å². The number of hydrogen-bond donors (Lipinski definition) is 1. The number of anilines is 1. The monoisotopic (exact) mass is 504 g/mol. The summed E-state index contributed by atoms with van der Waals surface area (Å²) in [4.78, 5) is 42.8. The molecule has 0 aromatic heterocycles. The maximum Gasteiger partial charge on any atom is 0.328 e. The number of likely N-dealkylation sites (tertiary alicyclic amines) is 2. The summed E-state index contributed by atoms with van der Waals surface area (Å²) >= 11 is 6.33. The Balaban J connectivity index is 1.27. The summed E-state index contributed by atoms with van der Waals surface area (Å²) in [7, 11) is 0. The molecule has 3 fully saturated rings. The summed E-state index contributed by atoms with van der Waals surface area (Å²) in [6.45, 7) is 10.1. The lowest BCUT2D eigenvalue weighted by Gasteiger charge is -2.38. The van der Waals surface area contributed by atoms with Crippen LogP contribution in [0.5, 0.6) is 0 Å². The normalized spacial score (nSPS) is 21.0. The molecule has 1 aromatic rings. The first-order valence-electron chi connectivity index (χ1n) is 12.8. The van der Waals surface area contributed by atoms with Crippen LogP contribution in [0, 0.1) is 11.8 Å². The first kappa shape index (κ1) is 25.9. The number of hydrogen-bond acceptors (Lipinski definition) is 5. The van der Waals surface area contributed by atoms with E-state index >= 15 is 0 Å². The number of amides is 4. The Kier molecular flexibility index (Phi) is 8.68. The summed E-state index contributed by atoms with van der Waals surface area (Å²) in [5.41, 5.74) is 0.970. The molecule has 192 valence electrons. The molecule has 0 spiro atoms. The zero-order valence-corrected chi connectivity index (χ0v) is 21.6. The maximum atomic E-state index is 13.2. The SMILES string of the molecule is CC(C)OCC1CCN(CC2CCN(C(=O)c3ccc(Cl)c(N4CCC(=O)NC4=O)c3)CC2)CC1. The van der Waals surface area contributed by atoms with E-state index in [0.717, 1.165) is 52.2 Å². The molecule has 0 radical (unpaired) electrons. The maximum absolute atomic E-state index is 13.2. The standard InChI is InChI=1S/C26H37ClN4O4/c1-18(2)35-17-20-5-10-29(11-6-20)16-19-7-12-30(13-8-19)25(33)21-3-4-22(27)23(15-21)31-14-9-24(32)28-26(31)34/h3-4,15,18-20H,5-14,16-17H2,1-2H3,(H,28,32,34). The van der Waals surface area contributed by atoms with Crippen LogP contribution in [0.25, 0.3) is 0 Å². The molecular formula is C26H37ClN4O4. The van der Waals surface area contributed by atoms with Gasteiger partial charge < -0.3 is 14.5 Å². The van der Waals surface area contributed by atoms with Crippen molar-refractivity contribution < 1.29 is 19.1 Å². The highest BCUT2D eigenvalue weighted by molar-refractivity contribution is 6.34. The first-order valence-corrected chi connectivity index (χ1v) is 13.2. The van der Waals surface area contributed by atoms with Gasteiger partial charge in [-0.2, -0.15) is 0 Å². The number of ether oxygens (including phenoxy) is 1. The molecule has 0 unspecified atom stereocenters. The number of imide groups is 1. The number of rotatable bonds is 7. The van der Waals surface area contributed by atoms with E-state index in [9.17, 15) is 14.4 Å². The van der Waals surface area contributed by atoms with Crippen molar-refractivity contribution in [2.45, 2.75) is 52.1 Å². The van der Waals surface area contributed by atoms with Crippen molar-refractivity contribution in [1.82, 2.24) is 15.1 Å². The number of carbonyl (C=O) groups excluding carboxylic acids is 3. The summed E-state index contributed by atoms with van der Waals surface area (Å²) in [5, 5.41) is 2.68. The number of benzene rings is 1. The second kappa shape index (κ2) is 11.7. The van der Waals surface area contributed by atoms with Gasteiger partial charge in [0.15, 0.2) is 0 Å². The fourth-order valence-electron chi connectivity index (χ4n) is 5.18. The first-order chi connectivity index (χ1) is 16.8. The fraction of sp³-hybridized carbons (Fsp3) is 0.654. The largest absolute Gasteiger partial charge is 0.379 e. The minimum Gasteiger partial charge on any atom is -0.379 e. The van der Waals surface area contributed by atoms with Crippen molar-refractivity contribution in [3.05, 3.63) is 28.8 Å².